The second-order valence-corrected chi connectivity index (χ2v) is 21.6. The van der Waals surface area contributed by atoms with E-state index in [4.69, 9.17) is 9.47 Å². The maximum absolute atomic E-state index is 6.70. The van der Waals surface area contributed by atoms with E-state index in [1.807, 2.05) is 23.8 Å². The van der Waals surface area contributed by atoms with E-state index in [0.29, 0.717) is 41.4 Å². The highest BCUT2D eigenvalue weighted by atomic mass is 16.5. The molecule has 9 atom stereocenters. The predicted octanol–water partition coefficient (Wildman–Crippen LogP) is 14.3. The maximum Gasteiger partial charge on any atom is 0.104 e. The summed E-state index contributed by atoms with van der Waals surface area (Å²) in [6.45, 7) is 22.0. The zero-order valence-corrected chi connectivity index (χ0v) is 38.4. The summed E-state index contributed by atoms with van der Waals surface area (Å²) in [5.41, 5.74) is 17.2. The van der Waals surface area contributed by atoms with Crippen molar-refractivity contribution in [3.63, 3.8) is 0 Å². The molecule has 1 aliphatic heterocycles. The molecule has 1 heterocycles. The van der Waals surface area contributed by atoms with E-state index >= 15 is 0 Å². The van der Waals surface area contributed by atoms with Crippen molar-refractivity contribution in [2.75, 3.05) is 20.3 Å². The molecule has 3 heteroatoms. The van der Waals surface area contributed by atoms with Crippen LogP contribution in [0.25, 0.3) is 0 Å². The number of hydrogen-bond acceptors (Lipinski definition) is 3. The number of allylic oxidation sites excluding steroid dienone is 7. The number of hydrogen-bond donors (Lipinski definition) is 1. The molecule has 0 aromatic heterocycles. The van der Waals surface area contributed by atoms with E-state index in [0.717, 1.165) is 49.7 Å². The molecule has 0 spiro atoms. The van der Waals surface area contributed by atoms with E-state index in [1.165, 1.54) is 116 Å². The van der Waals surface area contributed by atoms with E-state index in [2.05, 4.69) is 60.7 Å². The monoisotopic (exact) mass is 780 g/mol. The van der Waals surface area contributed by atoms with Crippen molar-refractivity contribution >= 4 is 0 Å². The van der Waals surface area contributed by atoms with Crippen LogP contribution in [0.4, 0.5) is 0 Å². The smallest absolute Gasteiger partial charge is 0.104 e. The largest absolute Gasteiger partial charge is 0.388 e. The molecule has 0 aromatic carbocycles. The minimum absolute atomic E-state index is 0.0613. The molecule has 0 amide bonds. The summed E-state index contributed by atoms with van der Waals surface area (Å²) >= 11 is 0. The number of ether oxygens (including phenoxy) is 2. The first-order chi connectivity index (χ1) is 27.6. The normalized spacial score (nSPS) is 39.4. The Labute approximate surface area is 350 Å². The topological polar surface area (TPSA) is 30.5 Å². The van der Waals surface area contributed by atoms with Gasteiger partial charge < -0.3 is 14.8 Å². The molecule has 7 aliphatic carbocycles. The summed E-state index contributed by atoms with van der Waals surface area (Å²) in [7, 11) is 1.98. The molecule has 0 bridgehead atoms. The third-order valence-corrected chi connectivity index (χ3v) is 18.2. The van der Waals surface area contributed by atoms with E-state index in [1.54, 1.807) is 39.1 Å². The van der Waals surface area contributed by atoms with E-state index < -0.39 is 0 Å². The van der Waals surface area contributed by atoms with Crippen molar-refractivity contribution in [2.45, 2.75) is 196 Å². The van der Waals surface area contributed by atoms with Crippen LogP contribution < -0.4 is 5.32 Å². The lowest BCUT2D eigenvalue weighted by Crippen LogP contribution is -2.48. The van der Waals surface area contributed by atoms with Crippen LogP contribution >= 0.6 is 0 Å². The van der Waals surface area contributed by atoms with Crippen molar-refractivity contribution in [1.82, 2.24) is 5.32 Å². The maximum atomic E-state index is 6.70. The molecule has 1 N–H and O–H groups in total. The Hall–Kier alpha value is -1.58. The fourth-order valence-electron chi connectivity index (χ4n) is 15.5. The average Bonchev–Trinajstić information content (AvgIpc) is 3.40. The van der Waals surface area contributed by atoms with Gasteiger partial charge in [0.1, 0.15) is 6.10 Å². The molecule has 318 valence electrons. The van der Waals surface area contributed by atoms with Gasteiger partial charge in [0.15, 0.2) is 0 Å². The van der Waals surface area contributed by atoms with Crippen LogP contribution in [0.1, 0.15) is 184 Å². The minimum atomic E-state index is 0.0613. The molecule has 0 radical (unpaired) electrons. The lowest BCUT2D eigenvalue weighted by molar-refractivity contribution is 0.0348. The Morgan fingerprint density at radius 3 is 2.19 bits per heavy atom. The van der Waals surface area contributed by atoms with Crippen molar-refractivity contribution in [3.05, 3.63) is 55.9 Å². The van der Waals surface area contributed by atoms with Crippen LogP contribution in [0.2, 0.25) is 0 Å². The summed E-state index contributed by atoms with van der Waals surface area (Å²) in [4.78, 5) is 0. The van der Waals surface area contributed by atoms with Crippen molar-refractivity contribution in [2.24, 2.45) is 65.1 Å². The molecule has 8 rings (SSSR count). The van der Waals surface area contributed by atoms with E-state index in [9.17, 15) is 0 Å². The zero-order valence-electron chi connectivity index (χ0n) is 38.4. The van der Waals surface area contributed by atoms with Gasteiger partial charge >= 0.3 is 0 Å². The van der Waals surface area contributed by atoms with Crippen LogP contribution in [0.15, 0.2) is 55.9 Å². The molecule has 3 nitrogen and oxygen atoms in total. The number of fused-ring (bicyclic) bond motifs is 3. The van der Waals surface area contributed by atoms with Crippen molar-refractivity contribution < 1.29 is 9.47 Å². The average molecular weight is 780 g/mol. The van der Waals surface area contributed by atoms with Gasteiger partial charge in [-0.05, 0) is 175 Å². The van der Waals surface area contributed by atoms with Crippen LogP contribution in [0, 0.1) is 65.1 Å². The van der Waals surface area contributed by atoms with Gasteiger partial charge in [-0.25, -0.2) is 0 Å². The van der Waals surface area contributed by atoms with Crippen LogP contribution in [0.5, 0.6) is 0 Å². The summed E-state index contributed by atoms with van der Waals surface area (Å²) in [6.07, 6.45) is 27.9. The molecular formula is C54H85NO2. The first-order valence-corrected chi connectivity index (χ1v) is 25.1. The minimum Gasteiger partial charge on any atom is -0.388 e. The molecule has 57 heavy (non-hydrogen) atoms. The van der Waals surface area contributed by atoms with Crippen LogP contribution in [0.3, 0.4) is 0 Å². The number of unbranched alkanes of at least 4 members (excludes halogenated alkanes) is 1. The van der Waals surface area contributed by atoms with Gasteiger partial charge in [0.25, 0.3) is 0 Å². The van der Waals surface area contributed by atoms with Crippen molar-refractivity contribution in [1.29, 1.82) is 0 Å². The zero-order chi connectivity index (χ0) is 40.0. The summed E-state index contributed by atoms with van der Waals surface area (Å²) in [6, 6.07) is 0. The molecule has 0 aromatic rings. The van der Waals surface area contributed by atoms with Gasteiger partial charge in [0.05, 0.1) is 6.10 Å². The number of nitrogens with one attached hydrogen (secondary N) is 1. The highest BCUT2D eigenvalue weighted by Crippen LogP contribution is 2.62. The standard InChI is InChI=1S/C54H85NO2/c1-10-57-47-27-26-43-50-37(7)42(17-12-11-16-39-20-24-41(25-21-39)40-22-18-32(2)19-23-40)36(6)49(38(8)48-34(4)14-13-15-35(48)5)44(50)31-45-51(43)52(47)54(56-9)46-30-33(3)28-29-55-53(45)46/h32-34,36,38-41,43,45,47,50,54-55H,10-31H2,1-9H3. The molecular weight excluding hydrogens is 695 g/mol. The lowest BCUT2D eigenvalue weighted by Gasteiger charge is -2.54. The van der Waals surface area contributed by atoms with Gasteiger partial charge in [-0.15, -0.1) is 0 Å². The van der Waals surface area contributed by atoms with Crippen molar-refractivity contribution in [3.8, 4) is 0 Å². The Morgan fingerprint density at radius 1 is 0.754 bits per heavy atom. The SMILES string of the molecule is CCOC1CCC2C3=C1C(OC)C1=C(NCCC(C)C1)C3CC1=C(C(C)C3=C(C)CCCC3C)C(C)C(CCCCC3CCC(C4CCC(C)CC4)CC3)=C(C)C12. The Bertz CT molecular complexity index is 1600. The van der Waals surface area contributed by atoms with Crippen LogP contribution in [-0.4, -0.2) is 32.5 Å². The lowest BCUT2D eigenvalue weighted by atomic mass is 9.52. The van der Waals surface area contributed by atoms with E-state index in [-0.39, 0.29) is 12.2 Å². The van der Waals surface area contributed by atoms with Gasteiger partial charge in [0, 0.05) is 37.8 Å². The first-order valence-electron chi connectivity index (χ1n) is 25.1. The highest BCUT2D eigenvalue weighted by molar-refractivity contribution is 5.55. The van der Waals surface area contributed by atoms with Gasteiger partial charge in [-0.1, -0.05) is 112 Å². The number of rotatable bonds is 11. The quantitative estimate of drug-likeness (QED) is 0.167. The molecule has 9 unspecified atom stereocenters. The number of methoxy groups -OCH3 is 1. The van der Waals surface area contributed by atoms with Crippen LogP contribution in [-0.2, 0) is 9.47 Å². The van der Waals surface area contributed by atoms with Gasteiger partial charge in [-0.3, -0.25) is 0 Å². The molecule has 3 fully saturated rings. The second kappa shape index (κ2) is 18.2. The Morgan fingerprint density at radius 2 is 1.49 bits per heavy atom. The molecule has 3 saturated carbocycles. The predicted molar refractivity (Wildman–Crippen MR) is 240 cm³/mol. The van der Waals surface area contributed by atoms with Gasteiger partial charge in [-0.2, -0.15) is 0 Å². The first kappa shape index (κ1) is 42.1. The van der Waals surface area contributed by atoms with Gasteiger partial charge in [0.2, 0.25) is 0 Å². The molecule has 0 saturated heterocycles. The summed E-state index contributed by atoms with van der Waals surface area (Å²) in [5, 5.41) is 4.12. The second-order valence-electron chi connectivity index (χ2n) is 21.6. The third-order valence-electron chi connectivity index (χ3n) is 18.2. The Kier molecular flexibility index (Phi) is 13.4. The fraction of sp³-hybridized carbons (Fsp3) is 0.815. The highest BCUT2D eigenvalue weighted by Gasteiger charge is 2.53. The molecule has 8 aliphatic rings. The summed E-state index contributed by atoms with van der Waals surface area (Å²) < 4.78 is 13.3. The Balaban J connectivity index is 1.10. The third kappa shape index (κ3) is 8.15. The summed E-state index contributed by atoms with van der Waals surface area (Å²) in [5.74, 6) is 8.05. The fourth-order valence-corrected chi connectivity index (χ4v) is 15.5.